The van der Waals surface area contributed by atoms with Crippen LogP contribution in [0, 0.1) is 0 Å². The van der Waals surface area contributed by atoms with Gasteiger partial charge in [-0.1, -0.05) is 0 Å². The van der Waals surface area contributed by atoms with Crippen LogP contribution in [0.2, 0.25) is 0 Å². The number of nitrogens with zero attached hydrogens (tertiary/aromatic N) is 1. The van der Waals surface area contributed by atoms with Gasteiger partial charge in [0.05, 0.1) is 0 Å². The number of amides is 1. The van der Waals surface area contributed by atoms with Gasteiger partial charge in [-0.25, -0.2) is 0 Å². The summed E-state index contributed by atoms with van der Waals surface area (Å²) in [7, 11) is -1.01. The number of hydrogen-bond acceptors (Lipinski definition) is 3. The van der Waals surface area contributed by atoms with Crippen LogP contribution in [-0.2, 0) is 23.6 Å². The van der Waals surface area contributed by atoms with Gasteiger partial charge in [-0.2, -0.15) is 5.10 Å². The maximum absolute atomic E-state index is 12.3. The minimum Gasteiger partial charge on any atom is -0.321 e. The van der Waals surface area contributed by atoms with Gasteiger partial charge in [-0.15, -0.1) is 0 Å². The SMILES string of the molecule is CS(=O)c1ccc(NC(=O)c2n[nH]c3c2CCCC3)cc1. The molecule has 1 atom stereocenters. The highest BCUT2D eigenvalue weighted by molar-refractivity contribution is 7.84. The van der Waals surface area contributed by atoms with E-state index in [4.69, 9.17) is 0 Å². The maximum Gasteiger partial charge on any atom is 0.276 e. The van der Waals surface area contributed by atoms with Crippen molar-refractivity contribution in [2.75, 3.05) is 11.6 Å². The molecule has 1 unspecified atom stereocenters. The van der Waals surface area contributed by atoms with Crippen molar-refractivity contribution < 1.29 is 9.00 Å². The third-order valence-electron chi connectivity index (χ3n) is 3.72. The molecular weight excluding hydrogens is 286 g/mol. The first-order chi connectivity index (χ1) is 10.1. The average Bonchev–Trinajstić information content (AvgIpc) is 2.92. The second-order valence-corrected chi connectivity index (χ2v) is 6.55. The van der Waals surface area contributed by atoms with E-state index < -0.39 is 10.8 Å². The van der Waals surface area contributed by atoms with Crippen molar-refractivity contribution in [2.45, 2.75) is 30.6 Å². The van der Waals surface area contributed by atoms with Crippen LogP contribution in [-0.4, -0.2) is 26.6 Å². The fourth-order valence-electron chi connectivity index (χ4n) is 2.59. The summed E-state index contributed by atoms with van der Waals surface area (Å²) in [5, 5.41) is 9.96. The monoisotopic (exact) mass is 303 g/mol. The molecule has 21 heavy (non-hydrogen) atoms. The van der Waals surface area contributed by atoms with Crippen LogP contribution < -0.4 is 5.32 Å². The first-order valence-electron chi connectivity index (χ1n) is 6.96. The lowest BCUT2D eigenvalue weighted by atomic mass is 9.96. The summed E-state index contributed by atoms with van der Waals surface area (Å²) < 4.78 is 11.3. The van der Waals surface area contributed by atoms with Crippen molar-refractivity contribution in [3.05, 3.63) is 41.2 Å². The molecule has 6 heteroatoms. The van der Waals surface area contributed by atoms with Crippen molar-refractivity contribution in [1.29, 1.82) is 0 Å². The summed E-state index contributed by atoms with van der Waals surface area (Å²) in [6.07, 6.45) is 5.74. The molecule has 0 radical (unpaired) electrons. The number of hydrogen-bond donors (Lipinski definition) is 2. The molecule has 0 bridgehead atoms. The van der Waals surface area contributed by atoms with E-state index >= 15 is 0 Å². The lowest BCUT2D eigenvalue weighted by molar-refractivity contribution is 0.102. The van der Waals surface area contributed by atoms with Crippen molar-refractivity contribution in [3.8, 4) is 0 Å². The zero-order valence-corrected chi connectivity index (χ0v) is 12.6. The summed E-state index contributed by atoms with van der Waals surface area (Å²) in [6.45, 7) is 0. The highest BCUT2D eigenvalue weighted by Crippen LogP contribution is 2.23. The largest absolute Gasteiger partial charge is 0.321 e. The van der Waals surface area contributed by atoms with Crippen molar-refractivity contribution in [1.82, 2.24) is 10.2 Å². The van der Waals surface area contributed by atoms with Crippen LogP contribution in [0.3, 0.4) is 0 Å². The minimum absolute atomic E-state index is 0.195. The Morgan fingerprint density at radius 1 is 1.24 bits per heavy atom. The Morgan fingerprint density at radius 3 is 2.67 bits per heavy atom. The van der Waals surface area contributed by atoms with Gasteiger partial charge in [0.2, 0.25) is 0 Å². The first-order valence-corrected chi connectivity index (χ1v) is 8.52. The summed E-state index contributed by atoms with van der Waals surface area (Å²) in [6, 6.07) is 7.03. The third-order valence-corrected chi connectivity index (χ3v) is 4.65. The predicted octanol–water partition coefficient (Wildman–Crippen LogP) is 2.28. The van der Waals surface area contributed by atoms with Gasteiger partial charge in [-0.3, -0.25) is 14.1 Å². The van der Waals surface area contributed by atoms with E-state index in [0.29, 0.717) is 11.4 Å². The van der Waals surface area contributed by atoms with Gasteiger partial charge in [0, 0.05) is 38.9 Å². The quantitative estimate of drug-likeness (QED) is 0.913. The molecule has 0 saturated heterocycles. The highest BCUT2D eigenvalue weighted by Gasteiger charge is 2.21. The van der Waals surface area contributed by atoms with E-state index in [1.165, 1.54) is 0 Å². The van der Waals surface area contributed by atoms with Crippen LogP contribution >= 0.6 is 0 Å². The molecule has 1 aromatic carbocycles. The van der Waals surface area contributed by atoms with Crippen molar-refractivity contribution in [3.63, 3.8) is 0 Å². The number of H-pyrrole nitrogens is 1. The van der Waals surface area contributed by atoms with Gasteiger partial charge >= 0.3 is 0 Å². The molecule has 1 heterocycles. The van der Waals surface area contributed by atoms with Crippen molar-refractivity contribution in [2.24, 2.45) is 0 Å². The second-order valence-electron chi connectivity index (χ2n) is 5.17. The summed E-state index contributed by atoms with van der Waals surface area (Å²) in [4.78, 5) is 13.1. The predicted molar refractivity (Wildman–Crippen MR) is 82.0 cm³/mol. The van der Waals surface area contributed by atoms with Gasteiger partial charge in [0.1, 0.15) is 0 Å². The van der Waals surface area contributed by atoms with Gasteiger partial charge in [0.15, 0.2) is 5.69 Å². The summed E-state index contributed by atoms with van der Waals surface area (Å²) >= 11 is 0. The number of aromatic nitrogens is 2. The summed E-state index contributed by atoms with van der Waals surface area (Å²) in [5.41, 5.74) is 3.31. The number of benzene rings is 1. The van der Waals surface area contributed by atoms with E-state index in [9.17, 15) is 9.00 Å². The molecular formula is C15H17N3O2S. The van der Waals surface area contributed by atoms with Crippen LogP contribution in [0.15, 0.2) is 29.2 Å². The van der Waals surface area contributed by atoms with Crippen LogP contribution in [0.1, 0.15) is 34.6 Å². The van der Waals surface area contributed by atoms with Crippen LogP contribution in [0.4, 0.5) is 5.69 Å². The Labute approximate surface area is 125 Å². The zero-order valence-electron chi connectivity index (χ0n) is 11.8. The lowest BCUT2D eigenvalue weighted by Crippen LogP contribution is -2.15. The molecule has 2 aromatic rings. The van der Waals surface area contributed by atoms with Gasteiger partial charge in [-0.05, 0) is 49.9 Å². The first kappa shape index (κ1) is 14.0. The van der Waals surface area contributed by atoms with Crippen molar-refractivity contribution >= 4 is 22.4 Å². The van der Waals surface area contributed by atoms with E-state index in [1.54, 1.807) is 30.5 Å². The fraction of sp³-hybridized carbons (Fsp3) is 0.333. The maximum atomic E-state index is 12.3. The van der Waals surface area contributed by atoms with E-state index in [0.717, 1.165) is 41.8 Å². The Hall–Kier alpha value is -1.95. The Kier molecular flexibility index (Phi) is 3.88. The number of aryl methyl sites for hydroxylation is 1. The Bertz CT molecular complexity index is 691. The fourth-order valence-corrected chi connectivity index (χ4v) is 3.11. The highest BCUT2D eigenvalue weighted by atomic mass is 32.2. The van der Waals surface area contributed by atoms with Crippen LogP contribution in [0.25, 0.3) is 0 Å². The number of carbonyl (C=O) groups is 1. The molecule has 3 rings (SSSR count). The topological polar surface area (TPSA) is 74.8 Å². The second kappa shape index (κ2) is 5.81. The minimum atomic E-state index is -1.01. The standard InChI is InChI=1S/C15H17N3O2S/c1-21(20)11-8-6-10(7-9-11)16-15(19)14-12-4-2-3-5-13(12)17-18-14/h6-9H,2-5H2,1H3,(H,16,19)(H,17,18). The Balaban J connectivity index is 1.77. The molecule has 1 amide bonds. The van der Waals surface area contributed by atoms with Gasteiger partial charge < -0.3 is 5.32 Å². The molecule has 0 aliphatic heterocycles. The average molecular weight is 303 g/mol. The normalized spacial score (nSPS) is 15.3. The lowest BCUT2D eigenvalue weighted by Gasteiger charge is -2.11. The Morgan fingerprint density at radius 2 is 1.95 bits per heavy atom. The number of aromatic amines is 1. The summed E-state index contributed by atoms with van der Waals surface area (Å²) in [5.74, 6) is -0.195. The van der Waals surface area contributed by atoms with E-state index in [1.807, 2.05) is 0 Å². The number of anilines is 1. The smallest absolute Gasteiger partial charge is 0.276 e. The van der Waals surface area contributed by atoms with Crippen LogP contribution in [0.5, 0.6) is 0 Å². The molecule has 0 fully saturated rings. The third kappa shape index (κ3) is 2.90. The molecule has 110 valence electrons. The van der Waals surface area contributed by atoms with Gasteiger partial charge in [0.25, 0.3) is 5.91 Å². The molecule has 0 spiro atoms. The molecule has 1 aromatic heterocycles. The molecule has 1 aliphatic rings. The number of rotatable bonds is 3. The number of nitrogens with one attached hydrogen (secondary N) is 2. The number of fused-ring (bicyclic) bond motifs is 1. The molecule has 0 saturated carbocycles. The zero-order chi connectivity index (χ0) is 14.8. The molecule has 5 nitrogen and oxygen atoms in total. The molecule has 2 N–H and O–H groups in total. The van der Waals surface area contributed by atoms with E-state index in [2.05, 4.69) is 15.5 Å². The number of carbonyl (C=O) groups excluding carboxylic acids is 1. The molecule has 1 aliphatic carbocycles. The van der Waals surface area contributed by atoms with E-state index in [-0.39, 0.29) is 5.91 Å².